The Hall–Kier alpha value is -3.86. The number of hydrogen-bond acceptors (Lipinski definition) is 4. The van der Waals surface area contributed by atoms with Gasteiger partial charge in [0.15, 0.2) is 5.82 Å². The number of nitro groups is 1. The maximum atomic E-state index is 10.9. The van der Waals surface area contributed by atoms with Crippen LogP contribution in [-0.2, 0) is 0 Å². The standard InChI is InChI=1S/C22H15N3O2/c26-25(27)19-13-11-18(12-14-19)22-23-20(16-7-3-1-4-8-16)15-21(24-22)17-9-5-2-6-10-17/h1-15H. The highest BCUT2D eigenvalue weighted by Gasteiger charge is 2.12. The Morgan fingerprint density at radius 3 is 1.56 bits per heavy atom. The summed E-state index contributed by atoms with van der Waals surface area (Å²) >= 11 is 0. The zero-order chi connectivity index (χ0) is 18.6. The summed E-state index contributed by atoms with van der Waals surface area (Å²) < 4.78 is 0. The van der Waals surface area contributed by atoms with Crippen molar-refractivity contribution in [3.05, 3.63) is 101 Å². The first-order valence-corrected chi connectivity index (χ1v) is 8.45. The van der Waals surface area contributed by atoms with Crippen molar-refractivity contribution in [3.8, 4) is 33.9 Å². The van der Waals surface area contributed by atoms with Crippen LogP contribution in [0.25, 0.3) is 33.9 Å². The van der Waals surface area contributed by atoms with Gasteiger partial charge >= 0.3 is 0 Å². The Morgan fingerprint density at radius 1 is 0.630 bits per heavy atom. The van der Waals surface area contributed by atoms with E-state index in [0.29, 0.717) is 5.82 Å². The Kier molecular flexibility index (Phi) is 4.41. The summed E-state index contributed by atoms with van der Waals surface area (Å²) in [5, 5.41) is 10.9. The predicted molar refractivity (Wildman–Crippen MR) is 105 cm³/mol. The fraction of sp³-hybridized carbons (Fsp3) is 0. The fourth-order valence-corrected chi connectivity index (χ4v) is 2.82. The van der Waals surface area contributed by atoms with Crippen molar-refractivity contribution in [2.24, 2.45) is 0 Å². The van der Waals surface area contributed by atoms with Crippen LogP contribution in [0.5, 0.6) is 0 Å². The molecule has 0 bridgehead atoms. The second kappa shape index (κ2) is 7.17. The lowest BCUT2D eigenvalue weighted by molar-refractivity contribution is -0.384. The van der Waals surface area contributed by atoms with Gasteiger partial charge in [0.05, 0.1) is 16.3 Å². The van der Waals surface area contributed by atoms with E-state index in [4.69, 9.17) is 9.97 Å². The van der Waals surface area contributed by atoms with Gasteiger partial charge in [-0.3, -0.25) is 10.1 Å². The third kappa shape index (κ3) is 3.57. The zero-order valence-corrected chi connectivity index (χ0v) is 14.3. The number of aromatic nitrogens is 2. The van der Waals surface area contributed by atoms with Gasteiger partial charge in [0.2, 0.25) is 0 Å². The van der Waals surface area contributed by atoms with E-state index in [-0.39, 0.29) is 5.69 Å². The first-order chi connectivity index (χ1) is 13.2. The molecule has 4 aromatic rings. The molecule has 1 heterocycles. The molecule has 0 aliphatic carbocycles. The smallest absolute Gasteiger partial charge is 0.258 e. The number of rotatable bonds is 4. The number of non-ortho nitro benzene ring substituents is 1. The summed E-state index contributed by atoms with van der Waals surface area (Å²) in [6, 6.07) is 28.0. The van der Waals surface area contributed by atoms with Crippen LogP contribution in [0.15, 0.2) is 91.0 Å². The van der Waals surface area contributed by atoms with Crippen LogP contribution in [0.1, 0.15) is 0 Å². The molecule has 130 valence electrons. The summed E-state index contributed by atoms with van der Waals surface area (Å²) in [5.41, 5.74) is 4.35. The van der Waals surface area contributed by atoms with Crippen molar-refractivity contribution < 1.29 is 4.92 Å². The quantitative estimate of drug-likeness (QED) is 0.364. The molecule has 0 saturated heterocycles. The molecular formula is C22H15N3O2. The second-order valence-electron chi connectivity index (χ2n) is 6.00. The summed E-state index contributed by atoms with van der Waals surface area (Å²) in [5.74, 6) is 0.533. The first kappa shape index (κ1) is 16.6. The van der Waals surface area contributed by atoms with Crippen LogP contribution in [0.3, 0.4) is 0 Å². The minimum absolute atomic E-state index is 0.0428. The lowest BCUT2D eigenvalue weighted by atomic mass is 10.1. The highest BCUT2D eigenvalue weighted by molar-refractivity contribution is 5.71. The largest absolute Gasteiger partial charge is 0.269 e. The molecule has 0 unspecified atom stereocenters. The van der Waals surface area contributed by atoms with Gasteiger partial charge < -0.3 is 0 Å². The lowest BCUT2D eigenvalue weighted by Gasteiger charge is -2.09. The number of nitro benzene ring substituents is 1. The molecule has 0 radical (unpaired) electrons. The van der Waals surface area contributed by atoms with Gasteiger partial charge in [-0.25, -0.2) is 9.97 Å². The molecule has 3 aromatic carbocycles. The monoisotopic (exact) mass is 353 g/mol. The third-order valence-electron chi connectivity index (χ3n) is 4.20. The van der Waals surface area contributed by atoms with Gasteiger partial charge in [-0.05, 0) is 18.2 Å². The minimum Gasteiger partial charge on any atom is -0.258 e. The van der Waals surface area contributed by atoms with Crippen LogP contribution in [0.4, 0.5) is 5.69 Å². The average molecular weight is 353 g/mol. The molecular weight excluding hydrogens is 338 g/mol. The minimum atomic E-state index is -0.416. The topological polar surface area (TPSA) is 68.9 Å². The van der Waals surface area contributed by atoms with Gasteiger partial charge in [-0.1, -0.05) is 60.7 Å². The Labute approximate surface area is 156 Å². The highest BCUT2D eigenvalue weighted by Crippen LogP contribution is 2.28. The maximum Gasteiger partial charge on any atom is 0.269 e. The summed E-state index contributed by atoms with van der Waals surface area (Å²) in [6.07, 6.45) is 0. The first-order valence-electron chi connectivity index (χ1n) is 8.45. The highest BCUT2D eigenvalue weighted by atomic mass is 16.6. The Balaban J connectivity index is 1.86. The van der Waals surface area contributed by atoms with Crippen LogP contribution in [0.2, 0.25) is 0 Å². The second-order valence-corrected chi connectivity index (χ2v) is 6.00. The Morgan fingerprint density at radius 2 is 1.11 bits per heavy atom. The van der Waals surface area contributed by atoms with Gasteiger partial charge in [-0.2, -0.15) is 0 Å². The molecule has 5 nitrogen and oxygen atoms in total. The number of nitrogens with zero attached hydrogens (tertiary/aromatic N) is 3. The van der Waals surface area contributed by atoms with Crippen LogP contribution < -0.4 is 0 Å². The molecule has 4 rings (SSSR count). The van der Waals surface area contributed by atoms with E-state index in [9.17, 15) is 10.1 Å². The van der Waals surface area contributed by atoms with Crippen molar-refractivity contribution in [1.82, 2.24) is 9.97 Å². The van der Waals surface area contributed by atoms with Gasteiger partial charge in [0.1, 0.15) is 0 Å². The molecule has 0 aliphatic heterocycles. The van der Waals surface area contributed by atoms with Gasteiger partial charge in [-0.15, -0.1) is 0 Å². The van der Waals surface area contributed by atoms with E-state index in [1.165, 1.54) is 12.1 Å². The summed E-state index contributed by atoms with van der Waals surface area (Å²) in [7, 11) is 0. The molecule has 0 spiro atoms. The number of hydrogen-bond donors (Lipinski definition) is 0. The van der Waals surface area contributed by atoms with E-state index in [0.717, 1.165) is 28.1 Å². The van der Waals surface area contributed by atoms with Gasteiger partial charge in [0.25, 0.3) is 5.69 Å². The van der Waals surface area contributed by atoms with E-state index < -0.39 is 4.92 Å². The van der Waals surface area contributed by atoms with E-state index in [1.54, 1.807) is 12.1 Å². The third-order valence-corrected chi connectivity index (χ3v) is 4.20. The molecule has 0 fully saturated rings. The SMILES string of the molecule is O=[N+]([O-])c1ccc(-c2nc(-c3ccccc3)cc(-c3ccccc3)n2)cc1. The van der Waals surface area contributed by atoms with Crippen molar-refractivity contribution in [2.75, 3.05) is 0 Å². The van der Waals surface area contributed by atoms with Crippen LogP contribution in [-0.4, -0.2) is 14.9 Å². The van der Waals surface area contributed by atoms with Gasteiger partial charge in [0, 0.05) is 28.8 Å². The summed E-state index contributed by atoms with van der Waals surface area (Å²) in [4.78, 5) is 19.9. The van der Waals surface area contributed by atoms with E-state index in [2.05, 4.69) is 0 Å². The zero-order valence-electron chi connectivity index (χ0n) is 14.3. The molecule has 0 saturated carbocycles. The van der Waals surface area contributed by atoms with E-state index >= 15 is 0 Å². The average Bonchev–Trinajstić information content (AvgIpc) is 2.75. The van der Waals surface area contributed by atoms with Crippen LogP contribution >= 0.6 is 0 Å². The molecule has 0 N–H and O–H groups in total. The maximum absolute atomic E-state index is 10.9. The molecule has 0 atom stereocenters. The van der Waals surface area contributed by atoms with Crippen molar-refractivity contribution in [2.45, 2.75) is 0 Å². The summed E-state index contributed by atoms with van der Waals surface area (Å²) in [6.45, 7) is 0. The van der Waals surface area contributed by atoms with E-state index in [1.807, 2.05) is 66.7 Å². The lowest BCUT2D eigenvalue weighted by Crippen LogP contribution is -1.96. The van der Waals surface area contributed by atoms with Crippen molar-refractivity contribution >= 4 is 5.69 Å². The van der Waals surface area contributed by atoms with Crippen LogP contribution in [0, 0.1) is 10.1 Å². The Bertz CT molecular complexity index is 1020. The molecule has 0 aliphatic rings. The normalized spacial score (nSPS) is 10.5. The fourth-order valence-electron chi connectivity index (χ4n) is 2.82. The molecule has 27 heavy (non-hydrogen) atoms. The molecule has 0 amide bonds. The number of benzene rings is 3. The van der Waals surface area contributed by atoms with Crippen molar-refractivity contribution in [3.63, 3.8) is 0 Å². The molecule has 1 aromatic heterocycles. The van der Waals surface area contributed by atoms with Crippen molar-refractivity contribution in [1.29, 1.82) is 0 Å². The molecule has 5 heteroatoms. The predicted octanol–water partition coefficient (Wildman–Crippen LogP) is 5.39.